The number of nitrogens with zero attached hydrogens (tertiary/aromatic N) is 1. The Labute approximate surface area is 178 Å². The Bertz CT molecular complexity index is 645. The lowest BCUT2D eigenvalue weighted by Crippen LogP contribution is -2.63. The molecule has 0 aromatic heterocycles. The Balaban J connectivity index is 4.84. The summed E-state index contributed by atoms with van der Waals surface area (Å²) in [6, 6.07) is -0.585. The largest absolute Gasteiger partial charge is 0.481 e. The third-order valence-electron chi connectivity index (χ3n) is 4.83. The summed E-state index contributed by atoms with van der Waals surface area (Å²) in [5, 5.41) is 15.1. The maximum atomic E-state index is 12.2. The maximum Gasteiger partial charge on any atom is 0.333 e. The van der Waals surface area contributed by atoms with Crippen LogP contribution < -0.4 is 10.6 Å². The highest BCUT2D eigenvalue weighted by Gasteiger charge is 2.37. The number of carboxylic acids is 1. The Morgan fingerprint density at radius 3 is 2.23 bits per heavy atom. The highest BCUT2D eigenvalue weighted by molar-refractivity contribution is 5.92. The van der Waals surface area contributed by atoms with Crippen molar-refractivity contribution in [3.05, 3.63) is 24.3 Å². The van der Waals surface area contributed by atoms with Crippen LogP contribution in [0.15, 0.2) is 24.3 Å². The van der Waals surface area contributed by atoms with Crippen molar-refractivity contribution in [2.75, 3.05) is 33.8 Å². The van der Waals surface area contributed by atoms with Crippen LogP contribution in [0.4, 0.5) is 0 Å². The highest BCUT2D eigenvalue weighted by Crippen LogP contribution is 2.17. The minimum absolute atomic E-state index is 0.119. The molecule has 0 saturated carbocycles. The number of rotatable bonds is 16. The van der Waals surface area contributed by atoms with Crippen molar-refractivity contribution in [3.63, 3.8) is 0 Å². The molecule has 0 spiro atoms. The summed E-state index contributed by atoms with van der Waals surface area (Å²) in [7, 11) is 3.59. The third kappa shape index (κ3) is 10.3. The minimum Gasteiger partial charge on any atom is -0.481 e. The van der Waals surface area contributed by atoms with Gasteiger partial charge in [-0.1, -0.05) is 13.2 Å². The van der Waals surface area contributed by atoms with Gasteiger partial charge in [-0.3, -0.25) is 14.4 Å². The lowest BCUT2D eigenvalue weighted by atomic mass is 10.1. The number of carboxylic acid groups (broad SMARTS) is 1. The second kappa shape index (κ2) is 13.7. The van der Waals surface area contributed by atoms with Crippen LogP contribution in [0.2, 0.25) is 0 Å². The summed E-state index contributed by atoms with van der Waals surface area (Å²) in [4.78, 5) is 46.1. The molecule has 0 aliphatic carbocycles. The van der Waals surface area contributed by atoms with E-state index in [-0.39, 0.29) is 29.8 Å². The van der Waals surface area contributed by atoms with E-state index in [2.05, 4.69) is 23.8 Å². The predicted molar refractivity (Wildman–Crippen MR) is 113 cm³/mol. The van der Waals surface area contributed by atoms with Crippen LogP contribution in [-0.2, 0) is 23.9 Å². The number of aliphatic carboxylic acids is 1. The zero-order valence-corrected chi connectivity index (χ0v) is 18.5. The van der Waals surface area contributed by atoms with Crippen LogP contribution in [0.1, 0.15) is 39.5 Å². The molecular weight excluding hydrogens is 390 g/mol. The van der Waals surface area contributed by atoms with Crippen LogP contribution >= 0.6 is 0 Å². The van der Waals surface area contributed by atoms with Crippen LogP contribution in [0, 0.1) is 0 Å². The van der Waals surface area contributed by atoms with Crippen LogP contribution in [0.3, 0.4) is 0 Å². The number of carbonyl (C=O) groups excluding carboxylic acids is 3. The smallest absolute Gasteiger partial charge is 0.333 e. The molecule has 2 unspecified atom stereocenters. The predicted octanol–water partition coefficient (Wildman–Crippen LogP) is 1.00. The fourth-order valence-corrected chi connectivity index (χ4v) is 2.75. The van der Waals surface area contributed by atoms with Gasteiger partial charge in [0, 0.05) is 30.5 Å². The van der Waals surface area contributed by atoms with E-state index in [4.69, 9.17) is 9.84 Å². The summed E-state index contributed by atoms with van der Waals surface area (Å²) in [6.45, 7) is 11.8. The van der Waals surface area contributed by atoms with E-state index in [0.29, 0.717) is 37.1 Å². The first-order chi connectivity index (χ1) is 13.9. The maximum absolute atomic E-state index is 12.2. The van der Waals surface area contributed by atoms with Gasteiger partial charge in [0.25, 0.3) is 5.91 Å². The molecule has 9 nitrogen and oxygen atoms in total. The molecule has 0 aliphatic rings. The minimum atomic E-state index is -0.974. The van der Waals surface area contributed by atoms with E-state index < -0.39 is 24.1 Å². The number of hydrogen-bond acceptors (Lipinski definition) is 6. The first-order valence-electron chi connectivity index (χ1n) is 9.93. The molecule has 9 heteroatoms. The zero-order chi connectivity index (χ0) is 23.3. The van der Waals surface area contributed by atoms with Crippen LogP contribution in [0.5, 0.6) is 0 Å². The number of aldehydes is 1. The van der Waals surface area contributed by atoms with Gasteiger partial charge in [-0.2, -0.15) is 0 Å². The molecule has 30 heavy (non-hydrogen) atoms. The number of carbonyl (C=O) groups is 4. The molecule has 0 rings (SSSR count). The van der Waals surface area contributed by atoms with Crippen molar-refractivity contribution in [2.45, 2.75) is 51.7 Å². The fraction of sp³-hybridized carbons (Fsp3) is 0.619. The molecule has 170 valence electrons. The van der Waals surface area contributed by atoms with Gasteiger partial charge in [-0.15, -0.1) is 0 Å². The van der Waals surface area contributed by atoms with Gasteiger partial charge in [0.15, 0.2) is 12.5 Å². The monoisotopic (exact) mass is 426 g/mol. The third-order valence-corrected chi connectivity index (χ3v) is 4.83. The molecule has 0 aromatic rings. The van der Waals surface area contributed by atoms with E-state index in [1.165, 1.54) is 0 Å². The van der Waals surface area contributed by atoms with E-state index in [9.17, 15) is 19.2 Å². The van der Waals surface area contributed by atoms with Gasteiger partial charge in [-0.25, -0.2) is 4.79 Å². The molecule has 1 amide bonds. The topological polar surface area (TPSA) is 122 Å². The Hall–Kier alpha value is -2.52. The number of nitrogens with one attached hydrogen (secondary N) is 2. The standard InChI is InChI=1S/C21H35N3O6/c1-15(2)20(28)23-18(24(5,6)17(14-25)8-9-19(26)27)10-12-22-11-7-13-30-21(29)16(3)4/h14,17-18,22H,1,3,7-13H2,2,4-6H3,(H-,23,26,27,28)/p+1. The van der Waals surface area contributed by atoms with Crippen molar-refractivity contribution >= 4 is 24.1 Å². The van der Waals surface area contributed by atoms with Gasteiger partial charge in [0.1, 0.15) is 6.04 Å². The summed E-state index contributed by atoms with van der Waals surface area (Å²) >= 11 is 0. The van der Waals surface area contributed by atoms with Crippen molar-refractivity contribution in [2.24, 2.45) is 0 Å². The van der Waals surface area contributed by atoms with Crippen LogP contribution in [-0.4, -0.2) is 79.7 Å². The molecule has 0 bridgehead atoms. The molecule has 0 aromatic carbocycles. The van der Waals surface area contributed by atoms with Gasteiger partial charge in [0.2, 0.25) is 0 Å². The summed E-state index contributed by atoms with van der Waals surface area (Å²) < 4.78 is 5.14. The highest BCUT2D eigenvalue weighted by atomic mass is 16.5. The lowest BCUT2D eigenvalue weighted by molar-refractivity contribution is -0.931. The van der Waals surface area contributed by atoms with E-state index in [0.717, 1.165) is 6.29 Å². The molecule has 0 fully saturated rings. The van der Waals surface area contributed by atoms with E-state index in [1.807, 2.05) is 0 Å². The van der Waals surface area contributed by atoms with Crippen LogP contribution in [0.25, 0.3) is 0 Å². The number of likely N-dealkylation sites (N-methyl/N-ethyl adjacent to an activating group) is 1. The molecule has 2 atom stereocenters. The number of amides is 1. The van der Waals surface area contributed by atoms with Gasteiger partial charge in [0.05, 0.1) is 27.1 Å². The number of esters is 1. The molecule has 0 aliphatic heterocycles. The fourth-order valence-electron chi connectivity index (χ4n) is 2.75. The summed E-state index contributed by atoms with van der Waals surface area (Å²) in [5.74, 6) is -1.71. The van der Waals surface area contributed by atoms with E-state index >= 15 is 0 Å². The Morgan fingerprint density at radius 2 is 1.73 bits per heavy atom. The van der Waals surface area contributed by atoms with Gasteiger partial charge in [-0.05, 0) is 26.8 Å². The van der Waals surface area contributed by atoms with Crippen molar-refractivity contribution in [3.8, 4) is 0 Å². The number of hydrogen-bond donors (Lipinski definition) is 3. The van der Waals surface area contributed by atoms with Gasteiger partial charge >= 0.3 is 11.9 Å². The number of ether oxygens (including phenoxy) is 1. The average molecular weight is 427 g/mol. The Kier molecular flexibility index (Phi) is 12.5. The molecule has 0 radical (unpaired) electrons. The van der Waals surface area contributed by atoms with Gasteiger partial charge < -0.3 is 25.0 Å². The van der Waals surface area contributed by atoms with Crippen molar-refractivity contribution < 1.29 is 33.5 Å². The normalized spacial score (nSPS) is 13.1. The lowest BCUT2D eigenvalue weighted by Gasteiger charge is -2.42. The molecular formula is C21H36N3O6+. The first-order valence-corrected chi connectivity index (χ1v) is 9.93. The quantitative estimate of drug-likeness (QED) is 0.0840. The Morgan fingerprint density at radius 1 is 1.10 bits per heavy atom. The van der Waals surface area contributed by atoms with E-state index in [1.54, 1.807) is 27.9 Å². The second-order valence-electron chi connectivity index (χ2n) is 7.84. The SMILES string of the molecule is C=C(C)C(=O)NC(CCNCCCOC(=O)C(=C)C)[N+](C)(C)C(C=O)CCC(=O)O. The van der Waals surface area contributed by atoms with Crippen molar-refractivity contribution in [1.29, 1.82) is 0 Å². The summed E-state index contributed by atoms with van der Waals surface area (Å²) in [5.41, 5.74) is 0.701. The molecule has 3 N–H and O–H groups in total. The number of quaternary nitrogens is 1. The average Bonchev–Trinajstić information content (AvgIpc) is 2.65. The van der Waals surface area contributed by atoms with Crippen molar-refractivity contribution in [1.82, 2.24) is 10.6 Å². The second-order valence-corrected chi connectivity index (χ2v) is 7.84. The molecule has 0 heterocycles. The molecule has 0 saturated heterocycles. The first kappa shape index (κ1) is 27.5. The summed E-state index contributed by atoms with van der Waals surface area (Å²) in [6.07, 6.45) is 1.49. The zero-order valence-electron chi connectivity index (χ0n) is 18.5.